The predicted octanol–water partition coefficient (Wildman–Crippen LogP) is 4.06. The van der Waals surface area contributed by atoms with Crippen LogP contribution in [0.2, 0.25) is 0 Å². The van der Waals surface area contributed by atoms with Gasteiger partial charge in [0, 0.05) is 9.26 Å². The zero-order valence-electron chi connectivity index (χ0n) is 9.30. The van der Waals surface area contributed by atoms with Gasteiger partial charge in [-0.15, -0.1) is 0 Å². The third-order valence-corrected chi connectivity index (χ3v) is 3.28. The Morgan fingerprint density at radius 2 is 1.82 bits per heavy atom. The van der Waals surface area contributed by atoms with Crippen LogP contribution >= 0.6 is 22.6 Å². The van der Waals surface area contributed by atoms with Gasteiger partial charge in [-0.2, -0.15) is 0 Å². The maximum absolute atomic E-state index is 13.7. The summed E-state index contributed by atoms with van der Waals surface area (Å²) in [5, 5.41) is 3.06. The molecule has 0 saturated heterocycles. The van der Waals surface area contributed by atoms with Gasteiger partial charge in [0.2, 0.25) is 0 Å². The Morgan fingerprint density at radius 3 is 2.47 bits per heavy atom. The van der Waals surface area contributed by atoms with Gasteiger partial charge < -0.3 is 11.1 Å². The summed E-state index contributed by atoms with van der Waals surface area (Å²) < 4.78 is 14.6. The summed E-state index contributed by atoms with van der Waals surface area (Å²) in [6, 6.07) is 10.6. The Labute approximate surface area is 113 Å². The lowest BCUT2D eigenvalue weighted by Gasteiger charge is -2.10. The summed E-state index contributed by atoms with van der Waals surface area (Å²) >= 11 is 2.17. The minimum Gasteiger partial charge on any atom is -0.399 e. The molecule has 0 aliphatic rings. The first-order valence-corrected chi connectivity index (χ1v) is 6.22. The van der Waals surface area contributed by atoms with Crippen LogP contribution in [0.15, 0.2) is 36.4 Å². The van der Waals surface area contributed by atoms with Crippen LogP contribution in [0.1, 0.15) is 5.56 Å². The molecule has 0 unspecified atom stereocenters. The molecule has 0 atom stereocenters. The summed E-state index contributed by atoms with van der Waals surface area (Å²) in [7, 11) is 0. The lowest BCUT2D eigenvalue weighted by atomic mass is 10.2. The lowest BCUT2D eigenvalue weighted by Crippen LogP contribution is -1.97. The number of nitrogen functional groups attached to an aromatic ring is 1. The van der Waals surface area contributed by atoms with Gasteiger partial charge in [-0.25, -0.2) is 4.39 Å². The zero-order valence-corrected chi connectivity index (χ0v) is 11.5. The first-order valence-electron chi connectivity index (χ1n) is 5.14. The van der Waals surface area contributed by atoms with E-state index in [9.17, 15) is 4.39 Å². The molecule has 88 valence electrons. The van der Waals surface area contributed by atoms with E-state index in [1.54, 1.807) is 12.1 Å². The molecule has 0 saturated carbocycles. The standard InChI is InChI=1S/C13H12FIN2/c1-8-2-4-12(10(14)6-8)17-13-5-3-9(16)7-11(13)15/h2-7,17H,16H2,1H3. The highest BCUT2D eigenvalue weighted by Crippen LogP contribution is 2.26. The van der Waals surface area contributed by atoms with Gasteiger partial charge >= 0.3 is 0 Å². The van der Waals surface area contributed by atoms with E-state index in [2.05, 4.69) is 27.9 Å². The largest absolute Gasteiger partial charge is 0.399 e. The summed E-state index contributed by atoms with van der Waals surface area (Å²) in [5.74, 6) is -0.252. The molecule has 0 aromatic heterocycles. The van der Waals surface area contributed by atoms with Gasteiger partial charge in [0.05, 0.1) is 11.4 Å². The van der Waals surface area contributed by atoms with Crippen LogP contribution in [0.3, 0.4) is 0 Å². The Kier molecular flexibility index (Phi) is 3.51. The third-order valence-electron chi connectivity index (χ3n) is 2.39. The number of nitrogens with one attached hydrogen (secondary N) is 1. The van der Waals surface area contributed by atoms with Crippen molar-refractivity contribution in [1.82, 2.24) is 0 Å². The number of hydrogen-bond acceptors (Lipinski definition) is 2. The highest BCUT2D eigenvalue weighted by molar-refractivity contribution is 14.1. The monoisotopic (exact) mass is 342 g/mol. The second-order valence-electron chi connectivity index (χ2n) is 3.85. The minimum atomic E-state index is -0.252. The molecule has 0 bridgehead atoms. The van der Waals surface area contributed by atoms with Gasteiger partial charge in [0.25, 0.3) is 0 Å². The minimum absolute atomic E-state index is 0.252. The van der Waals surface area contributed by atoms with Crippen molar-refractivity contribution < 1.29 is 4.39 Å². The van der Waals surface area contributed by atoms with Crippen LogP contribution in [0.4, 0.5) is 21.5 Å². The van der Waals surface area contributed by atoms with Crippen LogP contribution in [-0.2, 0) is 0 Å². The molecule has 0 aliphatic carbocycles. The van der Waals surface area contributed by atoms with Crippen molar-refractivity contribution >= 4 is 39.7 Å². The summed E-state index contributed by atoms with van der Waals surface area (Å²) in [5.41, 5.74) is 8.59. The first-order chi connectivity index (χ1) is 8.06. The third kappa shape index (κ3) is 2.88. The molecule has 0 radical (unpaired) electrons. The van der Waals surface area contributed by atoms with E-state index in [0.717, 1.165) is 14.8 Å². The fourth-order valence-electron chi connectivity index (χ4n) is 1.50. The summed E-state index contributed by atoms with van der Waals surface area (Å²) in [4.78, 5) is 0. The van der Waals surface area contributed by atoms with Crippen molar-refractivity contribution in [2.24, 2.45) is 0 Å². The molecule has 0 fully saturated rings. The Bertz CT molecular complexity index is 506. The fraction of sp³-hybridized carbons (Fsp3) is 0.0769. The molecule has 0 amide bonds. The Hall–Kier alpha value is -1.30. The molecule has 0 heterocycles. The number of rotatable bonds is 2. The van der Waals surface area contributed by atoms with Crippen LogP contribution in [-0.4, -0.2) is 0 Å². The fourth-order valence-corrected chi connectivity index (χ4v) is 2.17. The maximum Gasteiger partial charge on any atom is 0.146 e. The molecule has 3 N–H and O–H groups in total. The van der Waals surface area contributed by atoms with Crippen molar-refractivity contribution in [2.75, 3.05) is 11.1 Å². The molecule has 2 aromatic rings. The van der Waals surface area contributed by atoms with Crippen molar-refractivity contribution in [3.05, 3.63) is 51.3 Å². The summed E-state index contributed by atoms with van der Waals surface area (Å²) in [6.07, 6.45) is 0. The molecular formula is C13H12FIN2. The molecular weight excluding hydrogens is 330 g/mol. The van der Waals surface area contributed by atoms with Gasteiger partial charge in [-0.1, -0.05) is 6.07 Å². The average Bonchev–Trinajstić information content (AvgIpc) is 2.25. The van der Waals surface area contributed by atoms with Gasteiger partial charge in [0.15, 0.2) is 0 Å². The molecule has 0 aliphatic heterocycles. The van der Waals surface area contributed by atoms with E-state index >= 15 is 0 Å². The number of halogens is 2. The highest BCUT2D eigenvalue weighted by atomic mass is 127. The van der Waals surface area contributed by atoms with E-state index in [1.807, 2.05) is 25.1 Å². The lowest BCUT2D eigenvalue weighted by molar-refractivity contribution is 0.630. The predicted molar refractivity (Wildman–Crippen MR) is 78.0 cm³/mol. The molecule has 2 nitrogen and oxygen atoms in total. The van der Waals surface area contributed by atoms with Crippen molar-refractivity contribution in [3.8, 4) is 0 Å². The molecule has 4 heteroatoms. The normalized spacial score (nSPS) is 10.3. The maximum atomic E-state index is 13.7. The van der Waals surface area contributed by atoms with Crippen LogP contribution < -0.4 is 11.1 Å². The first kappa shape index (κ1) is 12.2. The van der Waals surface area contributed by atoms with Crippen LogP contribution in [0.5, 0.6) is 0 Å². The molecule has 2 rings (SSSR count). The smallest absolute Gasteiger partial charge is 0.146 e. The van der Waals surface area contributed by atoms with Gasteiger partial charge in [0.1, 0.15) is 5.82 Å². The Morgan fingerprint density at radius 1 is 1.12 bits per heavy atom. The van der Waals surface area contributed by atoms with Crippen molar-refractivity contribution in [3.63, 3.8) is 0 Å². The van der Waals surface area contributed by atoms with Crippen LogP contribution in [0.25, 0.3) is 0 Å². The van der Waals surface area contributed by atoms with E-state index in [0.29, 0.717) is 11.4 Å². The zero-order chi connectivity index (χ0) is 12.4. The SMILES string of the molecule is Cc1ccc(Nc2ccc(N)cc2I)c(F)c1. The average molecular weight is 342 g/mol. The van der Waals surface area contributed by atoms with Crippen molar-refractivity contribution in [1.29, 1.82) is 0 Å². The highest BCUT2D eigenvalue weighted by Gasteiger charge is 2.05. The quantitative estimate of drug-likeness (QED) is 0.638. The number of nitrogens with two attached hydrogens (primary N) is 1. The molecule has 17 heavy (non-hydrogen) atoms. The van der Waals surface area contributed by atoms with E-state index < -0.39 is 0 Å². The second-order valence-corrected chi connectivity index (χ2v) is 5.01. The van der Waals surface area contributed by atoms with Crippen molar-refractivity contribution in [2.45, 2.75) is 6.92 Å². The Balaban J connectivity index is 2.31. The number of benzene rings is 2. The van der Waals surface area contributed by atoms with Gasteiger partial charge in [-0.3, -0.25) is 0 Å². The number of anilines is 3. The number of hydrogen-bond donors (Lipinski definition) is 2. The summed E-state index contributed by atoms with van der Waals surface area (Å²) in [6.45, 7) is 1.86. The van der Waals surface area contributed by atoms with E-state index in [4.69, 9.17) is 5.73 Å². The second kappa shape index (κ2) is 4.91. The van der Waals surface area contributed by atoms with E-state index in [1.165, 1.54) is 6.07 Å². The number of aryl methyl sites for hydroxylation is 1. The molecule has 2 aromatic carbocycles. The van der Waals surface area contributed by atoms with E-state index in [-0.39, 0.29) is 5.82 Å². The van der Waals surface area contributed by atoms with Gasteiger partial charge in [-0.05, 0) is 65.4 Å². The van der Waals surface area contributed by atoms with Crippen LogP contribution in [0, 0.1) is 16.3 Å². The molecule has 0 spiro atoms. The topological polar surface area (TPSA) is 38.0 Å².